The van der Waals surface area contributed by atoms with Crippen molar-refractivity contribution in [1.29, 1.82) is 0 Å². The van der Waals surface area contributed by atoms with Gasteiger partial charge in [-0.3, -0.25) is 9.59 Å². The summed E-state index contributed by atoms with van der Waals surface area (Å²) in [6, 6.07) is 30.8. The Labute approximate surface area is 175 Å². The van der Waals surface area contributed by atoms with Crippen molar-refractivity contribution in [3.63, 3.8) is 0 Å². The molecule has 2 N–H and O–H groups in total. The molecule has 0 atom stereocenters. The van der Waals surface area contributed by atoms with Crippen molar-refractivity contribution in [2.45, 2.75) is 11.2 Å². The molecule has 5 heteroatoms. The Balaban J connectivity index is 1.97. The van der Waals surface area contributed by atoms with Crippen LogP contribution in [0.3, 0.4) is 0 Å². The summed E-state index contributed by atoms with van der Waals surface area (Å²) in [7, 11) is 0. The molecule has 3 aromatic rings. The van der Waals surface area contributed by atoms with Gasteiger partial charge in [-0.1, -0.05) is 91.0 Å². The number of nitrogens with one attached hydrogen (secondary N) is 1. The average Bonchev–Trinajstić information content (AvgIpc) is 2.77. The van der Waals surface area contributed by atoms with Gasteiger partial charge in [-0.05, 0) is 16.7 Å². The number of benzene rings is 3. The molecular formula is C24H23NO3S. The minimum Gasteiger partial charge on any atom is -0.480 e. The Bertz CT molecular complexity index is 833. The first-order valence-electron chi connectivity index (χ1n) is 9.42. The van der Waals surface area contributed by atoms with Crippen LogP contribution in [0, 0.1) is 0 Å². The highest BCUT2D eigenvalue weighted by Gasteiger charge is 2.36. The summed E-state index contributed by atoms with van der Waals surface area (Å²) in [4.78, 5) is 22.7. The lowest BCUT2D eigenvalue weighted by Crippen LogP contribution is -2.30. The van der Waals surface area contributed by atoms with E-state index in [2.05, 4.69) is 41.7 Å². The van der Waals surface area contributed by atoms with Crippen molar-refractivity contribution in [2.24, 2.45) is 0 Å². The smallest absolute Gasteiger partial charge is 0.322 e. The van der Waals surface area contributed by atoms with Crippen LogP contribution in [0.5, 0.6) is 0 Å². The third-order valence-electron chi connectivity index (χ3n) is 4.63. The van der Waals surface area contributed by atoms with Crippen LogP contribution in [-0.4, -0.2) is 29.3 Å². The molecule has 0 bridgehead atoms. The molecule has 0 unspecified atom stereocenters. The first-order valence-corrected chi connectivity index (χ1v) is 10.4. The van der Waals surface area contributed by atoms with Crippen LogP contribution in [0.25, 0.3) is 0 Å². The lowest BCUT2D eigenvalue weighted by molar-refractivity contribution is -0.137. The van der Waals surface area contributed by atoms with Gasteiger partial charge in [0.1, 0.15) is 6.54 Å². The van der Waals surface area contributed by atoms with Crippen molar-refractivity contribution >= 4 is 23.6 Å². The number of carboxylic acids is 1. The van der Waals surface area contributed by atoms with Crippen LogP contribution in [0.15, 0.2) is 91.0 Å². The maximum Gasteiger partial charge on any atom is 0.322 e. The number of carbonyl (C=O) groups is 2. The molecule has 0 aliphatic heterocycles. The van der Waals surface area contributed by atoms with E-state index >= 15 is 0 Å². The fourth-order valence-electron chi connectivity index (χ4n) is 3.33. The maximum absolute atomic E-state index is 12.1. The van der Waals surface area contributed by atoms with Gasteiger partial charge in [-0.2, -0.15) is 0 Å². The highest BCUT2D eigenvalue weighted by atomic mass is 32.2. The van der Waals surface area contributed by atoms with Gasteiger partial charge in [0.05, 0.1) is 4.75 Å². The quantitative estimate of drug-likeness (QED) is 0.521. The number of rotatable bonds is 9. The number of amides is 1. The Hall–Kier alpha value is -3.05. The van der Waals surface area contributed by atoms with Crippen LogP contribution < -0.4 is 5.32 Å². The molecule has 0 saturated heterocycles. The second-order valence-corrected chi connectivity index (χ2v) is 7.86. The fourth-order valence-corrected chi connectivity index (χ4v) is 4.83. The normalized spacial score (nSPS) is 11.0. The number of hydrogen-bond acceptors (Lipinski definition) is 3. The van der Waals surface area contributed by atoms with Crippen molar-refractivity contribution in [1.82, 2.24) is 5.32 Å². The van der Waals surface area contributed by atoms with Gasteiger partial charge >= 0.3 is 5.97 Å². The standard InChI is InChI=1S/C24H23NO3S/c26-22(25-18-23(27)28)16-17-29-24(19-10-4-1-5-11-19,20-12-6-2-7-13-20)21-14-8-3-9-15-21/h1-15H,16-18H2,(H,25,26)(H,27,28). The van der Waals surface area contributed by atoms with E-state index in [0.717, 1.165) is 16.7 Å². The van der Waals surface area contributed by atoms with Gasteiger partial charge in [-0.25, -0.2) is 0 Å². The summed E-state index contributed by atoms with van der Waals surface area (Å²) >= 11 is 1.68. The van der Waals surface area contributed by atoms with E-state index in [9.17, 15) is 9.59 Å². The van der Waals surface area contributed by atoms with Crippen LogP contribution >= 0.6 is 11.8 Å². The van der Waals surface area contributed by atoms with Gasteiger partial charge in [0.2, 0.25) is 5.91 Å². The molecule has 0 aliphatic rings. The maximum atomic E-state index is 12.1. The zero-order valence-electron chi connectivity index (χ0n) is 16.0. The van der Waals surface area contributed by atoms with Crippen molar-refractivity contribution in [2.75, 3.05) is 12.3 Å². The molecule has 148 valence electrons. The predicted molar refractivity (Wildman–Crippen MR) is 117 cm³/mol. The van der Waals surface area contributed by atoms with Gasteiger partial charge in [0.25, 0.3) is 0 Å². The van der Waals surface area contributed by atoms with E-state index in [1.165, 1.54) is 0 Å². The second-order valence-electron chi connectivity index (χ2n) is 6.55. The second kappa shape index (κ2) is 9.94. The van der Waals surface area contributed by atoms with E-state index in [4.69, 9.17) is 5.11 Å². The Morgan fingerprint density at radius 1 is 0.759 bits per heavy atom. The van der Waals surface area contributed by atoms with E-state index in [1.807, 2.05) is 54.6 Å². The molecule has 1 amide bonds. The van der Waals surface area contributed by atoms with Crippen molar-refractivity contribution in [3.05, 3.63) is 108 Å². The molecule has 0 saturated carbocycles. The number of carbonyl (C=O) groups excluding carboxylic acids is 1. The molecule has 0 aliphatic carbocycles. The summed E-state index contributed by atoms with van der Waals surface area (Å²) < 4.78 is -0.475. The molecule has 3 aromatic carbocycles. The van der Waals surface area contributed by atoms with Gasteiger partial charge in [0.15, 0.2) is 0 Å². The third kappa shape index (κ3) is 5.06. The molecule has 0 radical (unpaired) electrons. The third-order valence-corrected chi connectivity index (χ3v) is 6.17. The molecule has 0 heterocycles. The van der Waals surface area contributed by atoms with Crippen molar-refractivity contribution in [3.8, 4) is 0 Å². The number of hydrogen-bond donors (Lipinski definition) is 2. The Kier molecular flexibility index (Phi) is 7.09. The molecule has 4 nitrogen and oxygen atoms in total. The number of carboxylic acid groups (broad SMARTS) is 1. The monoisotopic (exact) mass is 405 g/mol. The van der Waals surface area contributed by atoms with Crippen LogP contribution in [0.1, 0.15) is 23.1 Å². The Morgan fingerprint density at radius 3 is 1.55 bits per heavy atom. The van der Waals surface area contributed by atoms with Gasteiger partial charge < -0.3 is 10.4 Å². The summed E-state index contributed by atoms with van der Waals surface area (Å²) in [6.07, 6.45) is 0.242. The minimum absolute atomic E-state index is 0.242. The molecule has 0 spiro atoms. The first kappa shape index (κ1) is 20.7. The molecule has 0 fully saturated rings. The molecule has 0 aromatic heterocycles. The summed E-state index contributed by atoms with van der Waals surface area (Å²) in [6.45, 7) is -0.356. The van der Waals surface area contributed by atoms with E-state index in [-0.39, 0.29) is 18.9 Å². The Morgan fingerprint density at radius 2 is 1.17 bits per heavy atom. The van der Waals surface area contributed by atoms with Crippen LogP contribution in [-0.2, 0) is 14.3 Å². The summed E-state index contributed by atoms with van der Waals surface area (Å²) in [5.74, 6) is -0.759. The number of thioether (sulfide) groups is 1. The highest BCUT2D eigenvalue weighted by molar-refractivity contribution is 8.00. The number of aliphatic carboxylic acids is 1. The van der Waals surface area contributed by atoms with Crippen molar-refractivity contribution < 1.29 is 14.7 Å². The minimum atomic E-state index is -1.04. The summed E-state index contributed by atoms with van der Waals surface area (Å²) in [5, 5.41) is 11.2. The lowest BCUT2D eigenvalue weighted by atomic mass is 9.84. The zero-order valence-corrected chi connectivity index (χ0v) is 16.8. The molecule has 29 heavy (non-hydrogen) atoms. The summed E-state index contributed by atoms with van der Waals surface area (Å²) in [5.41, 5.74) is 3.40. The largest absolute Gasteiger partial charge is 0.480 e. The van der Waals surface area contributed by atoms with Gasteiger partial charge in [0, 0.05) is 12.2 Å². The van der Waals surface area contributed by atoms with Crippen LogP contribution in [0.2, 0.25) is 0 Å². The topological polar surface area (TPSA) is 66.4 Å². The van der Waals surface area contributed by atoms with E-state index in [1.54, 1.807) is 11.8 Å². The van der Waals surface area contributed by atoms with Crippen LogP contribution in [0.4, 0.5) is 0 Å². The van der Waals surface area contributed by atoms with E-state index < -0.39 is 10.7 Å². The molecule has 3 rings (SSSR count). The fraction of sp³-hybridized carbons (Fsp3) is 0.167. The van der Waals surface area contributed by atoms with Gasteiger partial charge in [-0.15, -0.1) is 11.8 Å². The highest BCUT2D eigenvalue weighted by Crippen LogP contribution is 2.48. The lowest BCUT2D eigenvalue weighted by Gasteiger charge is -2.35. The van der Waals surface area contributed by atoms with E-state index in [0.29, 0.717) is 5.75 Å². The SMILES string of the molecule is O=C(O)CNC(=O)CCSC(c1ccccc1)(c1ccccc1)c1ccccc1. The average molecular weight is 406 g/mol. The zero-order chi connectivity index (χ0) is 20.5. The predicted octanol–water partition coefficient (Wildman–Crippen LogP) is 4.30. The molecular weight excluding hydrogens is 382 g/mol. The first-order chi connectivity index (χ1) is 14.1.